The molecule has 6 nitrogen and oxygen atoms in total. The molecule has 4 rings (SSSR count). The number of hydrogen-bond acceptors (Lipinski definition) is 5. The summed E-state index contributed by atoms with van der Waals surface area (Å²) in [6.45, 7) is 2.23. The molecular weight excluding hydrogens is 314 g/mol. The molecule has 2 N–H and O–H groups in total. The molecule has 2 aliphatic heterocycles. The summed E-state index contributed by atoms with van der Waals surface area (Å²) in [4.78, 5) is 18.5. The number of ether oxygens (including phenoxy) is 1. The quantitative estimate of drug-likeness (QED) is 0.819. The minimum absolute atomic E-state index is 0.157. The predicted octanol–water partition coefficient (Wildman–Crippen LogP) is 1.51. The van der Waals surface area contributed by atoms with Crippen LogP contribution in [0.3, 0.4) is 0 Å². The van der Waals surface area contributed by atoms with E-state index in [1.165, 1.54) is 11.3 Å². The lowest BCUT2D eigenvalue weighted by molar-refractivity contribution is 0.238. The van der Waals surface area contributed by atoms with Crippen LogP contribution in [0.5, 0.6) is 5.75 Å². The third kappa shape index (κ3) is 2.14. The monoisotopic (exact) mass is 329 g/mol. The lowest BCUT2D eigenvalue weighted by atomic mass is 10.1. The summed E-state index contributed by atoms with van der Waals surface area (Å²) in [6, 6.07) is 2.83. The molecule has 0 aliphatic carbocycles. The average molecular weight is 329 g/mol. The number of amides is 2. The van der Waals surface area contributed by atoms with Crippen molar-refractivity contribution in [3.8, 4) is 17.6 Å². The van der Waals surface area contributed by atoms with Crippen LogP contribution in [0, 0.1) is 11.8 Å². The highest BCUT2D eigenvalue weighted by molar-refractivity contribution is 7.22. The molecule has 1 aromatic heterocycles. The molecule has 0 spiro atoms. The minimum atomic E-state index is -0.414. The van der Waals surface area contributed by atoms with Gasteiger partial charge in [-0.05, 0) is 19.1 Å². The SMILES string of the molecule is CC#C[C@@H]1[C@H](CO)NC(=O)N1c1nc2c3c(ccc2s1)OCC3. The topological polar surface area (TPSA) is 74.7 Å². The Hall–Kier alpha value is -2.30. The first kappa shape index (κ1) is 14.3. The Labute approximate surface area is 137 Å². The van der Waals surface area contributed by atoms with Crippen molar-refractivity contribution >= 4 is 32.7 Å². The van der Waals surface area contributed by atoms with Crippen LogP contribution in [0.4, 0.5) is 9.93 Å². The van der Waals surface area contributed by atoms with Gasteiger partial charge in [-0.1, -0.05) is 17.3 Å². The first-order valence-electron chi connectivity index (χ1n) is 7.41. The van der Waals surface area contributed by atoms with Crippen molar-refractivity contribution in [1.82, 2.24) is 10.3 Å². The van der Waals surface area contributed by atoms with E-state index in [0.29, 0.717) is 11.7 Å². The van der Waals surface area contributed by atoms with Gasteiger partial charge in [0.15, 0.2) is 5.13 Å². The lowest BCUT2D eigenvalue weighted by Gasteiger charge is -2.18. The van der Waals surface area contributed by atoms with Crippen LogP contribution in [0.25, 0.3) is 10.2 Å². The van der Waals surface area contributed by atoms with Crippen molar-refractivity contribution in [1.29, 1.82) is 0 Å². The molecule has 0 radical (unpaired) electrons. The number of urea groups is 1. The lowest BCUT2D eigenvalue weighted by Crippen LogP contribution is -2.37. The molecular formula is C16H15N3O3S. The van der Waals surface area contributed by atoms with Gasteiger partial charge in [-0.3, -0.25) is 4.90 Å². The highest BCUT2D eigenvalue weighted by Crippen LogP contribution is 2.38. The number of aliphatic hydroxyl groups is 1. The van der Waals surface area contributed by atoms with E-state index < -0.39 is 12.1 Å². The van der Waals surface area contributed by atoms with E-state index in [1.807, 2.05) is 12.1 Å². The number of benzene rings is 1. The second-order valence-electron chi connectivity index (χ2n) is 5.43. The van der Waals surface area contributed by atoms with Gasteiger partial charge < -0.3 is 15.2 Å². The summed E-state index contributed by atoms with van der Waals surface area (Å²) in [5.41, 5.74) is 1.99. The highest BCUT2D eigenvalue weighted by Gasteiger charge is 2.40. The number of aromatic nitrogens is 1. The number of anilines is 1. The summed E-state index contributed by atoms with van der Waals surface area (Å²) < 4.78 is 6.59. The van der Waals surface area contributed by atoms with Crippen LogP contribution in [-0.2, 0) is 6.42 Å². The van der Waals surface area contributed by atoms with Gasteiger partial charge in [0.25, 0.3) is 0 Å². The van der Waals surface area contributed by atoms with Gasteiger partial charge >= 0.3 is 6.03 Å². The van der Waals surface area contributed by atoms with E-state index in [1.54, 1.807) is 11.8 Å². The average Bonchev–Trinajstić information content (AvgIpc) is 3.22. The number of rotatable bonds is 2. The largest absolute Gasteiger partial charge is 0.493 e. The Kier molecular flexibility index (Phi) is 3.36. The second kappa shape index (κ2) is 5.41. The van der Waals surface area contributed by atoms with E-state index in [2.05, 4.69) is 22.1 Å². The first-order valence-corrected chi connectivity index (χ1v) is 8.22. The molecule has 0 bridgehead atoms. The van der Waals surface area contributed by atoms with Crippen LogP contribution < -0.4 is 15.0 Å². The van der Waals surface area contributed by atoms with Crippen molar-refractivity contribution in [2.75, 3.05) is 18.1 Å². The van der Waals surface area contributed by atoms with Crippen LogP contribution in [0.15, 0.2) is 12.1 Å². The molecule has 118 valence electrons. The van der Waals surface area contributed by atoms with Crippen molar-refractivity contribution in [2.24, 2.45) is 0 Å². The predicted molar refractivity (Wildman–Crippen MR) is 87.9 cm³/mol. The van der Waals surface area contributed by atoms with E-state index in [4.69, 9.17) is 4.74 Å². The second-order valence-corrected chi connectivity index (χ2v) is 6.44. The molecule has 1 fully saturated rings. The van der Waals surface area contributed by atoms with Gasteiger partial charge in [-0.15, -0.1) is 5.92 Å². The zero-order valence-corrected chi connectivity index (χ0v) is 13.3. The molecule has 1 saturated heterocycles. The molecule has 2 amide bonds. The van der Waals surface area contributed by atoms with E-state index >= 15 is 0 Å². The summed E-state index contributed by atoms with van der Waals surface area (Å²) >= 11 is 1.46. The van der Waals surface area contributed by atoms with Gasteiger partial charge in [0.1, 0.15) is 11.8 Å². The Morgan fingerprint density at radius 2 is 2.43 bits per heavy atom. The highest BCUT2D eigenvalue weighted by atomic mass is 32.1. The van der Waals surface area contributed by atoms with Gasteiger partial charge in [-0.2, -0.15) is 0 Å². The van der Waals surface area contributed by atoms with Crippen LogP contribution >= 0.6 is 11.3 Å². The number of fused-ring (bicyclic) bond motifs is 3. The van der Waals surface area contributed by atoms with Crippen molar-refractivity contribution in [3.05, 3.63) is 17.7 Å². The van der Waals surface area contributed by atoms with Gasteiger partial charge in [0.2, 0.25) is 0 Å². The molecule has 0 unspecified atom stereocenters. The molecule has 2 aliphatic rings. The fraction of sp³-hybridized carbons (Fsp3) is 0.375. The Balaban J connectivity index is 1.81. The number of nitrogens with zero attached hydrogens (tertiary/aromatic N) is 2. The molecule has 2 aromatic rings. The maximum Gasteiger partial charge on any atom is 0.325 e. The molecule has 1 aromatic carbocycles. The van der Waals surface area contributed by atoms with Gasteiger partial charge in [-0.25, -0.2) is 9.78 Å². The maximum absolute atomic E-state index is 12.3. The molecule has 3 heterocycles. The first-order chi connectivity index (χ1) is 11.2. The van der Waals surface area contributed by atoms with Crippen LogP contribution in [0.1, 0.15) is 12.5 Å². The van der Waals surface area contributed by atoms with E-state index in [0.717, 1.165) is 28.0 Å². The number of carbonyl (C=O) groups is 1. The zero-order valence-electron chi connectivity index (χ0n) is 12.5. The Morgan fingerprint density at radius 3 is 3.22 bits per heavy atom. The smallest absolute Gasteiger partial charge is 0.325 e. The summed E-state index contributed by atoms with van der Waals surface area (Å²) in [5.74, 6) is 6.70. The number of aliphatic hydroxyl groups excluding tert-OH is 1. The normalized spacial score (nSPS) is 22.5. The maximum atomic E-state index is 12.3. The van der Waals surface area contributed by atoms with Crippen molar-refractivity contribution in [2.45, 2.75) is 25.4 Å². The van der Waals surface area contributed by atoms with E-state index in [-0.39, 0.29) is 12.6 Å². The number of carbonyl (C=O) groups excluding carboxylic acids is 1. The Bertz CT molecular complexity index is 851. The fourth-order valence-corrected chi connectivity index (χ4v) is 4.07. The van der Waals surface area contributed by atoms with Crippen molar-refractivity contribution < 1.29 is 14.6 Å². The van der Waals surface area contributed by atoms with Crippen molar-refractivity contribution in [3.63, 3.8) is 0 Å². The molecule has 2 atom stereocenters. The molecule has 0 saturated carbocycles. The third-order valence-electron chi connectivity index (χ3n) is 4.10. The standard InChI is InChI=1S/C16H15N3O3S/c1-2-3-11-10(8-20)17-15(21)19(11)16-18-14-9-6-7-22-12(9)4-5-13(14)23-16/h4-5,10-11,20H,6-8H2,1H3,(H,17,21)/t10-,11+/m0/s1. The summed E-state index contributed by atoms with van der Waals surface area (Å²) in [5, 5.41) is 12.8. The summed E-state index contributed by atoms with van der Waals surface area (Å²) in [7, 11) is 0. The number of thiazole rings is 1. The summed E-state index contributed by atoms with van der Waals surface area (Å²) in [6.07, 6.45) is 0.833. The Morgan fingerprint density at radius 1 is 1.57 bits per heavy atom. The van der Waals surface area contributed by atoms with Crippen LogP contribution in [0.2, 0.25) is 0 Å². The van der Waals surface area contributed by atoms with Gasteiger partial charge in [0.05, 0.1) is 29.5 Å². The number of hydrogen-bond donors (Lipinski definition) is 2. The molecule has 23 heavy (non-hydrogen) atoms. The number of nitrogens with one attached hydrogen (secondary N) is 1. The fourth-order valence-electron chi connectivity index (χ4n) is 3.04. The van der Waals surface area contributed by atoms with Crippen LogP contribution in [-0.4, -0.2) is 41.4 Å². The van der Waals surface area contributed by atoms with Gasteiger partial charge in [0, 0.05) is 12.0 Å². The third-order valence-corrected chi connectivity index (χ3v) is 5.12. The zero-order chi connectivity index (χ0) is 16.0. The van der Waals surface area contributed by atoms with E-state index in [9.17, 15) is 9.90 Å². The minimum Gasteiger partial charge on any atom is -0.493 e. The molecule has 7 heteroatoms.